The third-order valence-electron chi connectivity index (χ3n) is 1.56. The van der Waals surface area contributed by atoms with E-state index in [1.165, 1.54) is 0 Å². The van der Waals surface area contributed by atoms with E-state index < -0.39 is 0 Å². The number of aliphatic imine (C=N–C) groups is 1. The molecule has 0 aromatic rings. The zero-order chi connectivity index (χ0) is 8.97. The molecule has 4 heteroatoms. The number of nitrogens with one attached hydrogen (secondary N) is 1. The minimum Gasteiger partial charge on any atom is -0.463 e. The lowest BCUT2D eigenvalue weighted by Crippen LogP contribution is -2.35. The van der Waals surface area contributed by atoms with Crippen LogP contribution in [0.3, 0.4) is 0 Å². The summed E-state index contributed by atoms with van der Waals surface area (Å²) in [6, 6.07) is 0. The molecule has 1 heterocycles. The van der Waals surface area contributed by atoms with Crippen LogP contribution in [0.2, 0.25) is 0 Å². The minimum absolute atomic E-state index is 0.0385. The fraction of sp³-hybridized carbons (Fsp3) is 0.750. The predicted octanol–water partition coefficient (Wildman–Crippen LogP) is 0.186. The molecule has 0 radical (unpaired) electrons. The lowest BCUT2D eigenvalue weighted by molar-refractivity contribution is -0.151. The summed E-state index contributed by atoms with van der Waals surface area (Å²) >= 11 is 0. The van der Waals surface area contributed by atoms with Gasteiger partial charge in [-0.15, -0.1) is 0 Å². The number of ether oxygens (including phenoxy) is 1. The molecule has 0 saturated carbocycles. The Balaban J connectivity index is 2.36. The molecule has 0 aromatic heterocycles. The zero-order valence-electron chi connectivity index (χ0n) is 7.41. The van der Waals surface area contributed by atoms with Crippen LogP contribution in [-0.2, 0) is 9.53 Å². The van der Waals surface area contributed by atoms with Crippen LogP contribution in [0.25, 0.3) is 0 Å². The molecule has 1 aliphatic rings. The van der Waals surface area contributed by atoms with Crippen LogP contribution >= 0.6 is 0 Å². The van der Waals surface area contributed by atoms with Gasteiger partial charge < -0.3 is 10.1 Å². The summed E-state index contributed by atoms with van der Waals surface area (Å²) < 4.78 is 5.04. The second-order valence-electron chi connectivity index (χ2n) is 3.09. The van der Waals surface area contributed by atoms with E-state index in [0.717, 1.165) is 0 Å². The SMILES string of the molecule is CC(C)OC(=O)C1CN=CNC1. The van der Waals surface area contributed by atoms with Crippen LogP contribution < -0.4 is 5.32 Å². The Labute approximate surface area is 72.0 Å². The van der Waals surface area contributed by atoms with E-state index in [-0.39, 0.29) is 18.0 Å². The van der Waals surface area contributed by atoms with Crippen molar-refractivity contribution >= 4 is 12.3 Å². The van der Waals surface area contributed by atoms with Gasteiger partial charge in [0.2, 0.25) is 0 Å². The van der Waals surface area contributed by atoms with Crippen LogP contribution in [0.1, 0.15) is 13.8 Å². The van der Waals surface area contributed by atoms with Gasteiger partial charge in [-0.25, -0.2) is 0 Å². The van der Waals surface area contributed by atoms with Crippen molar-refractivity contribution in [3.05, 3.63) is 0 Å². The van der Waals surface area contributed by atoms with E-state index >= 15 is 0 Å². The van der Waals surface area contributed by atoms with Gasteiger partial charge in [-0.3, -0.25) is 9.79 Å². The maximum atomic E-state index is 11.3. The van der Waals surface area contributed by atoms with E-state index in [2.05, 4.69) is 10.3 Å². The molecule has 0 fully saturated rings. The van der Waals surface area contributed by atoms with Gasteiger partial charge in [-0.05, 0) is 13.8 Å². The van der Waals surface area contributed by atoms with Crippen molar-refractivity contribution in [1.29, 1.82) is 0 Å². The molecular formula is C8H14N2O2. The van der Waals surface area contributed by atoms with Crippen LogP contribution in [-0.4, -0.2) is 31.5 Å². The molecule has 0 aliphatic carbocycles. The van der Waals surface area contributed by atoms with E-state index in [0.29, 0.717) is 13.1 Å². The first-order chi connectivity index (χ1) is 5.70. The summed E-state index contributed by atoms with van der Waals surface area (Å²) in [6.07, 6.45) is 1.59. The van der Waals surface area contributed by atoms with Crippen molar-refractivity contribution in [3.63, 3.8) is 0 Å². The summed E-state index contributed by atoms with van der Waals surface area (Å²) in [7, 11) is 0. The van der Waals surface area contributed by atoms with Crippen molar-refractivity contribution in [2.24, 2.45) is 10.9 Å². The summed E-state index contributed by atoms with van der Waals surface area (Å²) in [4.78, 5) is 15.2. The normalized spacial score (nSPS) is 22.1. The molecular weight excluding hydrogens is 156 g/mol. The average Bonchev–Trinajstić information content (AvgIpc) is 2.05. The van der Waals surface area contributed by atoms with Crippen LogP contribution in [0.5, 0.6) is 0 Å². The monoisotopic (exact) mass is 170 g/mol. The van der Waals surface area contributed by atoms with Gasteiger partial charge >= 0.3 is 5.97 Å². The van der Waals surface area contributed by atoms with Crippen molar-refractivity contribution in [1.82, 2.24) is 5.32 Å². The van der Waals surface area contributed by atoms with Gasteiger partial charge in [-0.2, -0.15) is 0 Å². The van der Waals surface area contributed by atoms with E-state index in [1.807, 2.05) is 13.8 Å². The number of esters is 1. The van der Waals surface area contributed by atoms with Crippen LogP contribution in [0.4, 0.5) is 0 Å². The highest BCUT2D eigenvalue weighted by molar-refractivity contribution is 5.74. The van der Waals surface area contributed by atoms with Crippen molar-refractivity contribution in [2.45, 2.75) is 20.0 Å². The summed E-state index contributed by atoms with van der Waals surface area (Å²) in [6.45, 7) is 4.86. The lowest BCUT2D eigenvalue weighted by Gasteiger charge is -2.18. The Morgan fingerprint density at radius 2 is 2.50 bits per heavy atom. The molecule has 1 atom stereocenters. The Kier molecular flexibility index (Phi) is 3.08. The number of nitrogens with zero attached hydrogens (tertiary/aromatic N) is 1. The number of carbonyl (C=O) groups is 1. The second kappa shape index (κ2) is 4.09. The second-order valence-corrected chi connectivity index (χ2v) is 3.09. The van der Waals surface area contributed by atoms with E-state index in [4.69, 9.17) is 4.74 Å². The molecule has 0 bridgehead atoms. The van der Waals surface area contributed by atoms with Gasteiger partial charge in [0.25, 0.3) is 0 Å². The standard InChI is InChI=1S/C8H14N2O2/c1-6(2)12-8(11)7-3-9-5-10-4-7/h5-7H,3-4H2,1-2H3,(H,9,10). The highest BCUT2D eigenvalue weighted by Crippen LogP contribution is 2.04. The molecule has 0 saturated heterocycles. The van der Waals surface area contributed by atoms with Crippen molar-refractivity contribution < 1.29 is 9.53 Å². The van der Waals surface area contributed by atoms with E-state index in [9.17, 15) is 4.79 Å². The third-order valence-corrected chi connectivity index (χ3v) is 1.56. The Morgan fingerprint density at radius 1 is 1.75 bits per heavy atom. The van der Waals surface area contributed by atoms with Crippen molar-refractivity contribution in [3.8, 4) is 0 Å². The lowest BCUT2D eigenvalue weighted by atomic mass is 10.1. The summed E-state index contributed by atoms with van der Waals surface area (Å²) in [5.41, 5.74) is 0. The Morgan fingerprint density at radius 3 is 3.00 bits per heavy atom. The Bertz CT molecular complexity index is 189. The predicted molar refractivity (Wildman–Crippen MR) is 46.1 cm³/mol. The average molecular weight is 170 g/mol. The molecule has 4 nitrogen and oxygen atoms in total. The Hall–Kier alpha value is -1.06. The van der Waals surface area contributed by atoms with Crippen molar-refractivity contribution in [2.75, 3.05) is 13.1 Å². The molecule has 0 aromatic carbocycles. The van der Waals surface area contributed by atoms with Crippen LogP contribution in [0, 0.1) is 5.92 Å². The van der Waals surface area contributed by atoms with Crippen LogP contribution in [0.15, 0.2) is 4.99 Å². The van der Waals surface area contributed by atoms with Gasteiger partial charge in [0, 0.05) is 6.54 Å². The largest absolute Gasteiger partial charge is 0.463 e. The number of hydrogen-bond acceptors (Lipinski definition) is 4. The van der Waals surface area contributed by atoms with Gasteiger partial charge in [0.15, 0.2) is 0 Å². The van der Waals surface area contributed by atoms with Gasteiger partial charge in [0.1, 0.15) is 0 Å². The molecule has 68 valence electrons. The van der Waals surface area contributed by atoms with Gasteiger partial charge in [0.05, 0.1) is 24.9 Å². The summed E-state index contributed by atoms with van der Waals surface area (Å²) in [5, 5.41) is 2.90. The highest BCUT2D eigenvalue weighted by atomic mass is 16.5. The molecule has 1 rings (SSSR count). The number of rotatable bonds is 2. The molecule has 1 N–H and O–H groups in total. The fourth-order valence-corrected chi connectivity index (χ4v) is 0.990. The van der Waals surface area contributed by atoms with Gasteiger partial charge in [-0.1, -0.05) is 0 Å². The molecule has 12 heavy (non-hydrogen) atoms. The van der Waals surface area contributed by atoms with E-state index in [1.54, 1.807) is 6.34 Å². The number of hydrogen-bond donors (Lipinski definition) is 1. The smallest absolute Gasteiger partial charge is 0.312 e. The maximum Gasteiger partial charge on any atom is 0.312 e. The first-order valence-corrected chi connectivity index (χ1v) is 4.12. The summed E-state index contributed by atoms with van der Waals surface area (Å²) in [5.74, 6) is -0.272. The first-order valence-electron chi connectivity index (χ1n) is 4.12. The molecule has 0 amide bonds. The molecule has 1 unspecified atom stereocenters. The quantitative estimate of drug-likeness (QED) is 0.602. The molecule has 1 aliphatic heterocycles. The highest BCUT2D eigenvalue weighted by Gasteiger charge is 2.21. The molecule has 0 spiro atoms. The third kappa shape index (κ3) is 2.53. The number of carbonyl (C=O) groups excluding carboxylic acids is 1. The fourth-order valence-electron chi connectivity index (χ4n) is 0.990. The maximum absolute atomic E-state index is 11.3. The zero-order valence-corrected chi connectivity index (χ0v) is 7.41. The first kappa shape index (κ1) is 9.03. The topological polar surface area (TPSA) is 50.7 Å². The minimum atomic E-state index is -0.158.